The summed E-state index contributed by atoms with van der Waals surface area (Å²) in [5.74, 6) is 0.409. The second-order valence-electron chi connectivity index (χ2n) is 12.5. The first kappa shape index (κ1) is 28.8. The molecule has 1 fully saturated rings. The molecule has 0 aromatic heterocycles. The molecule has 0 radical (unpaired) electrons. The second kappa shape index (κ2) is 10.2. The van der Waals surface area contributed by atoms with Crippen LogP contribution in [-0.2, 0) is 19.8 Å². The number of ether oxygens (including phenoxy) is 3. The third-order valence-corrected chi connectivity index (χ3v) is 7.29. The Kier molecular flexibility index (Phi) is 7.89. The van der Waals surface area contributed by atoms with Gasteiger partial charge in [-0.25, -0.2) is 9.79 Å². The predicted octanol–water partition coefficient (Wildman–Crippen LogP) is 4.67. The van der Waals surface area contributed by atoms with Crippen LogP contribution in [0, 0.1) is 11.3 Å². The molecule has 1 aliphatic carbocycles. The van der Waals surface area contributed by atoms with Crippen LogP contribution in [0.25, 0.3) is 0 Å². The van der Waals surface area contributed by atoms with Gasteiger partial charge in [0.05, 0.1) is 11.5 Å². The zero-order chi connectivity index (χ0) is 27.8. The van der Waals surface area contributed by atoms with Crippen molar-refractivity contribution in [2.24, 2.45) is 27.8 Å². The van der Waals surface area contributed by atoms with Crippen LogP contribution in [0.1, 0.15) is 86.6 Å². The van der Waals surface area contributed by atoms with Crippen LogP contribution in [0.5, 0.6) is 5.75 Å². The van der Waals surface area contributed by atoms with Crippen molar-refractivity contribution in [1.82, 2.24) is 5.32 Å². The van der Waals surface area contributed by atoms with Gasteiger partial charge in [-0.05, 0) is 92.3 Å². The molecule has 1 aliphatic heterocycles. The van der Waals surface area contributed by atoms with Gasteiger partial charge in [0, 0.05) is 12.0 Å². The largest absolute Gasteiger partial charge is 0.481 e. The number of nitrogens with zero attached hydrogens (tertiary/aromatic N) is 1. The predicted molar refractivity (Wildman–Crippen MR) is 144 cm³/mol. The van der Waals surface area contributed by atoms with Gasteiger partial charge >= 0.3 is 12.1 Å². The highest BCUT2D eigenvalue weighted by Crippen LogP contribution is 2.52. The Morgan fingerprint density at radius 1 is 1.14 bits per heavy atom. The lowest BCUT2D eigenvalue weighted by Crippen LogP contribution is -2.61. The summed E-state index contributed by atoms with van der Waals surface area (Å²) in [5.41, 5.74) is 11.0. The average Bonchev–Trinajstić information content (AvgIpc) is 2.77. The molecular weight excluding hydrogens is 472 g/mol. The van der Waals surface area contributed by atoms with Crippen molar-refractivity contribution in [2.45, 2.75) is 104 Å². The molecule has 0 bridgehead atoms. The molecule has 2 aliphatic rings. The zero-order valence-electron chi connectivity index (χ0n) is 23.6. The highest BCUT2D eigenvalue weighted by Gasteiger charge is 2.53. The molecule has 4 unspecified atom stereocenters. The van der Waals surface area contributed by atoms with Crippen molar-refractivity contribution in [3.05, 3.63) is 23.8 Å². The van der Waals surface area contributed by atoms with E-state index in [-0.39, 0.29) is 24.5 Å². The van der Waals surface area contributed by atoms with Gasteiger partial charge in [-0.2, -0.15) is 0 Å². The van der Waals surface area contributed by atoms with Gasteiger partial charge in [0.2, 0.25) is 0 Å². The Bertz CT molecular complexity index is 1060. The fraction of sp³-hybridized carbons (Fsp3) is 0.679. The quantitative estimate of drug-likeness (QED) is 0.483. The number of benzene rings is 1. The van der Waals surface area contributed by atoms with Gasteiger partial charge in [0.1, 0.15) is 28.5 Å². The number of carbonyl (C=O) groups is 2. The summed E-state index contributed by atoms with van der Waals surface area (Å²) in [7, 11) is 0. The Balaban J connectivity index is 2.08. The van der Waals surface area contributed by atoms with Crippen LogP contribution in [0.3, 0.4) is 0 Å². The lowest BCUT2D eigenvalue weighted by atomic mass is 9.57. The van der Waals surface area contributed by atoms with E-state index in [2.05, 4.69) is 10.3 Å². The van der Waals surface area contributed by atoms with Crippen molar-refractivity contribution < 1.29 is 23.8 Å². The van der Waals surface area contributed by atoms with E-state index < -0.39 is 28.2 Å². The van der Waals surface area contributed by atoms with Crippen molar-refractivity contribution in [2.75, 3.05) is 6.54 Å². The molecule has 1 saturated carbocycles. The van der Waals surface area contributed by atoms with E-state index in [0.717, 1.165) is 12.0 Å². The maximum Gasteiger partial charge on any atom is 0.408 e. The van der Waals surface area contributed by atoms with E-state index in [1.807, 2.05) is 73.6 Å². The molecule has 9 heteroatoms. The SMILES string of the molecule is CC1Oc2ccc(C(C)(NC(=O)OC(C)(C)C)C3(CN)CCCC(C(=O)OC(C)(C)C)C3)cc2N=C1N. The molecule has 3 rings (SSSR count). The first-order valence-corrected chi connectivity index (χ1v) is 13.1. The molecule has 5 N–H and O–H groups in total. The number of esters is 1. The number of hydrogen-bond acceptors (Lipinski definition) is 8. The normalized spacial score (nSPS) is 25.6. The second-order valence-corrected chi connectivity index (χ2v) is 12.5. The van der Waals surface area contributed by atoms with Crippen molar-refractivity contribution in [1.29, 1.82) is 0 Å². The van der Waals surface area contributed by atoms with Gasteiger partial charge in [0.25, 0.3) is 0 Å². The number of nitrogens with one attached hydrogen (secondary N) is 1. The lowest BCUT2D eigenvalue weighted by molar-refractivity contribution is -0.163. The third-order valence-electron chi connectivity index (χ3n) is 7.29. The number of aliphatic imine (C=N–C) groups is 1. The average molecular weight is 517 g/mol. The molecule has 1 aromatic carbocycles. The summed E-state index contributed by atoms with van der Waals surface area (Å²) in [6.45, 7) is 15.1. The number of rotatable bonds is 5. The molecule has 1 aromatic rings. The van der Waals surface area contributed by atoms with Crippen molar-refractivity contribution in [3.63, 3.8) is 0 Å². The lowest BCUT2D eigenvalue weighted by Gasteiger charge is -2.52. The summed E-state index contributed by atoms with van der Waals surface area (Å²) >= 11 is 0. The molecule has 0 saturated heterocycles. The molecule has 1 heterocycles. The van der Waals surface area contributed by atoms with Crippen molar-refractivity contribution in [3.8, 4) is 5.75 Å². The van der Waals surface area contributed by atoms with Crippen LogP contribution < -0.4 is 21.5 Å². The van der Waals surface area contributed by atoms with Crippen LogP contribution in [0.15, 0.2) is 23.2 Å². The highest BCUT2D eigenvalue weighted by molar-refractivity contribution is 5.89. The van der Waals surface area contributed by atoms with E-state index in [0.29, 0.717) is 36.5 Å². The van der Waals surface area contributed by atoms with Gasteiger partial charge < -0.3 is 31.0 Å². The third kappa shape index (κ3) is 6.37. The monoisotopic (exact) mass is 516 g/mol. The summed E-state index contributed by atoms with van der Waals surface area (Å²) in [5, 5.41) is 3.15. The van der Waals surface area contributed by atoms with E-state index in [1.54, 1.807) is 0 Å². The summed E-state index contributed by atoms with van der Waals surface area (Å²) < 4.78 is 17.3. The molecule has 0 spiro atoms. The number of alkyl carbamates (subject to hydrolysis) is 1. The Labute approximate surface area is 220 Å². The Morgan fingerprint density at radius 3 is 2.38 bits per heavy atom. The van der Waals surface area contributed by atoms with E-state index in [1.165, 1.54) is 0 Å². The summed E-state index contributed by atoms with van der Waals surface area (Å²) in [6, 6.07) is 5.62. The summed E-state index contributed by atoms with van der Waals surface area (Å²) in [6.07, 6.45) is 1.76. The smallest absolute Gasteiger partial charge is 0.408 e. The highest BCUT2D eigenvalue weighted by atomic mass is 16.6. The molecule has 1 amide bonds. The minimum atomic E-state index is -0.993. The van der Waals surface area contributed by atoms with Gasteiger partial charge in [-0.1, -0.05) is 12.5 Å². The van der Waals surface area contributed by atoms with E-state index in [9.17, 15) is 9.59 Å². The van der Waals surface area contributed by atoms with Crippen LogP contribution in [0.2, 0.25) is 0 Å². The van der Waals surface area contributed by atoms with Crippen LogP contribution in [0.4, 0.5) is 10.5 Å². The number of nitrogens with two attached hydrogens (primary N) is 2. The minimum Gasteiger partial charge on any atom is -0.481 e. The number of amides is 1. The fourth-order valence-electron chi connectivity index (χ4n) is 5.31. The molecule has 206 valence electrons. The molecule has 37 heavy (non-hydrogen) atoms. The maximum absolute atomic E-state index is 13.2. The number of fused-ring (bicyclic) bond motifs is 1. The van der Waals surface area contributed by atoms with Crippen LogP contribution in [-0.4, -0.2) is 41.7 Å². The minimum absolute atomic E-state index is 0.241. The molecule has 4 atom stereocenters. The topological polar surface area (TPSA) is 138 Å². The number of carbonyl (C=O) groups excluding carboxylic acids is 2. The van der Waals surface area contributed by atoms with E-state index in [4.69, 9.17) is 25.7 Å². The molecule has 9 nitrogen and oxygen atoms in total. The Hall–Kier alpha value is -2.81. The maximum atomic E-state index is 13.2. The Morgan fingerprint density at radius 2 is 1.78 bits per heavy atom. The first-order chi connectivity index (χ1) is 17.0. The standard InChI is InChI=1S/C28H44N4O5/c1-17-22(30)31-20-14-19(11-12-21(20)35-17)27(8,32-24(34)37-26(5,6)7)28(16-29)13-9-10-18(15-28)23(33)36-25(2,3)4/h11-12,14,17-18H,9-10,13,15-16,29H2,1-8H3,(H2,30,31)(H,32,34). The van der Waals surface area contributed by atoms with Crippen molar-refractivity contribution >= 4 is 23.6 Å². The van der Waals surface area contributed by atoms with Gasteiger partial charge in [-0.15, -0.1) is 0 Å². The van der Waals surface area contributed by atoms with Gasteiger partial charge in [-0.3, -0.25) is 4.79 Å². The van der Waals surface area contributed by atoms with E-state index >= 15 is 0 Å². The number of amidine groups is 1. The van der Waals surface area contributed by atoms with Crippen LogP contribution >= 0.6 is 0 Å². The first-order valence-electron chi connectivity index (χ1n) is 13.1. The number of hydrogen-bond donors (Lipinski definition) is 3. The fourth-order valence-corrected chi connectivity index (χ4v) is 5.31. The summed E-state index contributed by atoms with van der Waals surface area (Å²) in [4.78, 5) is 30.9. The zero-order valence-corrected chi connectivity index (χ0v) is 23.6. The molecular formula is C28H44N4O5. The van der Waals surface area contributed by atoms with Gasteiger partial charge in [0.15, 0.2) is 6.10 Å².